The number of nitrogens with zero attached hydrogens (tertiary/aromatic N) is 2. The fourth-order valence-corrected chi connectivity index (χ4v) is 2.82. The standard InChI is InChI=1S/C19H22N6O4/c1-19(2,28)15(11-7-5-4-6-8-11)22-17(26)21-14-9-13-12(10-20-14)16(25-24-13)23-18(27)29-3/h4-10,15,28H,1-3H3,(H2,20,21,22,26)(H2,23,24,25,27)/t15-/m0/s1. The molecule has 152 valence electrons. The highest BCUT2D eigenvalue weighted by Gasteiger charge is 2.30. The first-order valence-electron chi connectivity index (χ1n) is 8.82. The zero-order valence-corrected chi connectivity index (χ0v) is 16.2. The molecule has 1 atom stereocenters. The topological polar surface area (TPSA) is 141 Å². The molecule has 2 aromatic heterocycles. The Morgan fingerprint density at radius 3 is 2.59 bits per heavy atom. The highest BCUT2D eigenvalue weighted by molar-refractivity contribution is 5.98. The Hall–Kier alpha value is -3.66. The third-order valence-corrected chi connectivity index (χ3v) is 4.21. The van der Waals surface area contributed by atoms with Crippen molar-refractivity contribution in [2.75, 3.05) is 17.7 Å². The van der Waals surface area contributed by atoms with Gasteiger partial charge < -0.3 is 15.2 Å². The van der Waals surface area contributed by atoms with Gasteiger partial charge in [0.1, 0.15) is 5.82 Å². The molecule has 10 heteroatoms. The van der Waals surface area contributed by atoms with Crippen LogP contribution in [0.25, 0.3) is 10.9 Å². The number of nitrogens with one attached hydrogen (secondary N) is 4. The van der Waals surface area contributed by atoms with Gasteiger partial charge in [0.05, 0.1) is 29.7 Å². The van der Waals surface area contributed by atoms with Crippen LogP contribution in [0.2, 0.25) is 0 Å². The largest absolute Gasteiger partial charge is 0.453 e. The summed E-state index contributed by atoms with van der Waals surface area (Å²) in [5.41, 5.74) is 0.142. The number of pyridine rings is 1. The van der Waals surface area contributed by atoms with Crippen LogP contribution < -0.4 is 16.0 Å². The lowest BCUT2D eigenvalue weighted by Crippen LogP contribution is -2.43. The molecule has 3 rings (SSSR count). The third kappa shape index (κ3) is 4.79. The maximum Gasteiger partial charge on any atom is 0.412 e. The number of aromatic nitrogens is 3. The highest BCUT2D eigenvalue weighted by atomic mass is 16.5. The summed E-state index contributed by atoms with van der Waals surface area (Å²) in [6.45, 7) is 3.24. The van der Waals surface area contributed by atoms with Gasteiger partial charge in [0.25, 0.3) is 0 Å². The number of urea groups is 1. The van der Waals surface area contributed by atoms with E-state index in [0.717, 1.165) is 5.56 Å². The van der Waals surface area contributed by atoms with Crippen molar-refractivity contribution in [1.29, 1.82) is 0 Å². The van der Waals surface area contributed by atoms with Gasteiger partial charge in [-0.1, -0.05) is 30.3 Å². The van der Waals surface area contributed by atoms with Gasteiger partial charge in [-0.2, -0.15) is 5.10 Å². The molecular weight excluding hydrogens is 376 g/mol. The Balaban J connectivity index is 1.74. The van der Waals surface area contributed by atoms with Crippen LogP contribution in [0, 0.1) is 0 Å². The lowest BCUT2D eigenvalue weighted by molar-refractivity contribution is 0.0415. The Kier molecular flexibility index (Phi) is 5.64. The molecule has 0 unspecified atom stereocenters. The molecule has 0 fully saturated rings. The number of fused-ring (bicyclic) bond motifs is 1. The minimum absolute atomic E-state index is 0.265. The van der Waals surface area contributed by atoms with Crippen molar-refractivity contribution < 1.29 is 19.4 Å². The molecule has 3 amide bonds. The second-order valence-corrected chi connectivity index (χ2v) is 6.90. The number of hydrogen-bond acceptors (Lipinski definition) is 6. The predicted octanol–water partition coefficient (Wildman–Crippen LogP) is 2.77. The lowest BCUT2D eigenvalue weighted by atomic mass is 9.92. The van der Waals surface area contributed by atoms with E-state index in [0.29, 0.717) is 10.9 Å². The smallest absolute Gasteiger partial charge is 0.412 e. The van der Waals surface area contributed by atoms with Gasteiger partial charge in [0.2, 0.25) is 0 Å². The first kappa shape index (κ1) is 20.1. The van der Waals surface area contributed by atoms with Crippen LogP contribution >= 0.6 is 0 Å². The molecule has 1 aromatic carbocycles. The molecule has 0 radical (unpaired) electrons. The van der Waals surface area contributed by atoms with Crippen molar-refractivity contribution in [1.82, 2.24) is 20.5 Å². The summed E-state index contributed by atoms with van der Waals surface area (Å²) >= 11 is 0. The van der Waals surface area contributed by atoms with Crippen LogP contribution in [0.4, 0.5) is 21.2 Å². The molecule has 0 bridgehead atoms. The number of H-pyrrole nitrogens is 1. The maximum absolute atomic E-state index is 12.5. The maximum atomic E-state index is 12.5. The van der Waals surface area contributed by atoms with Gasteiger partial charge in [-0.3, -0.25) is 15.7 Å². The van der Waals surface area contributed by atoms with E-state index in [9.17, 15) is 14.7 Å². The molecule has 0 saturated heterocycles. The second kappa shape index (κ2) is 8.15. The Bertz CT molecular complexity index is 1010. The van der Waals surface area contributed by atoms with Gasteiger partial charge in [-0.25, -0.2) is 14.6 Å². The number of aliphatic hydroxyl groups is 1. The van der Waals surface area contributed by atoms with Crippen LogP contribution in [0.15, 0.2) is 42.6 Å². The van der Waals surface area contributed by atoms with E-state index in [1.165, 1.54) is 13.3 Å². The summed E-state index contributed by atoms with van der Waals surface area (Å²) in [7, 11) is 1.25. The van der Waals surface area contributed by atoms with E-state index >= 15 is 0 Å². The number of benzene rings is 1. The van der Waals surface area contributed by atoms with Gasteiger partial charge in [-0.05, 0) is 19.4 Å². The zero-order chi connectivity index (χ0) is 21.0. The summed E-state index contributed by atoms with van der Waals surface area (Å²) in [6.07, 6.45) is 0.809. The van der Waals surface area contributed by atoms with Gasteiger partial charge in [-0.15, -0.1) is 0 Å². The predicted molar refractivity (Wildman–Crippen MR) is 108 cm³/mol. The SMILES string of the molecule is COC(=O)Nc1n[nH]c2cc(NC(=O)N[C@@H](c3ccccc3)C(C)(C)O)ncc12. The van der Waals surface area contributed by atoms with Crippen molar-refractivity contribution in [2.45, 2.75) is 25.5 Å². The molecular formula is C19H22N6O4. The van der Waals surface area contributed by atoms with Crippen LogP contribution in [0.5, 0.6) is 0 Å². The van der Waals surface area contributed by atoms with Crippen molar-refractivity contribution in [3.05, 3.63) is 48.2 Å². The fraction of sp³-hybridized carbons (Fsp3) is 0.263. The minimum atomic E-state index is -1.19. The van der Waals surface area contributed by atoms with Gasteiger partial charge in [0, 0.05) is 12.3 Å². The van der Waals surface area contributed by atoms with E-state index in [1.807, 2.05) is 30.3 Å². The number of amides is 3. The van der Waals surface area contributed by atoms with E-state index in [4.69, 9.17) is 0 Å². The molecule has 5 N–H and O–H groups in total. The number of aromatic amines is 1. The van der Waals surface area contributed by atoms with Crippen molar-refractivity contribution in [3.8, 4) is 0 Å². The summed E-state index contributed by atoms with van der Waals surface area (Å²) < 4.78 is 4.54. The minimum Gasteiger partial charge on any atom is -0.453 e. The molecule has 10 nitrogen and oxygen atoms in total. The van der Waals surface area contributed by atoms with Gasteiger partial charge in [0.15, 0.2) is 5.82 Å². The van der Waals surface area contributed by atoms with Crippen LogP contribution in [-0.4, -0.2) is 45.1 Å². The summed E-state index contributed by atoms with van der Waals surface area (Å²) in [6, 6.07) is 9.60. The quantitative estimate of drug-likeness (QED) is 0.447. The molecule has 0 aliphatic rings. The molecule has 29 heavy (non-hydrogen) atoms. The molecule has 0 aliphatic heterocycles. The average Bonchev–Trinajstić information content (AvgIpc) is 3.07. The molecule has 3 aromatic rings. The average molecular weight is 398 g/mol. The Labute approximate surface area is 166 Å². The Morgan fingerprint density at radius 1 is 1.21 bits per heavy atom. The summed E-state index contributed by atoms with van der Waals surface area (Å²) in [5, 5.41) is 25.6. The Morgan fingerprint density at radius 2 is 1.93 bits per heavy atom. The van der Waals surface area contributed by atoms with Crippen LogP contribution in [0.1, 0.15) is 25.5 Å². The number of anilines is 2. The number of carbonyl (C=O) groups excluding carboxylic acids is 2. The zero-order valence-electron chi connectivity index (χ0n) is 16.2. The second-order valence-electron chi connectivity index (χ2n) is 6.90. The van der Waals surface area contributed by atoms with E-state index in [2.05, 4.69) is 35.9 Å². The van der Waals surface area contributed by atoms with Gasteiger partial charge >= 0.3 is 12.1 Å². The highest BCUT2D eigenvalue weighted by Crippen LogP contribution is 2.26. The normalized spacial score (nSPS) is 12.3. The first-order chi connectivity index (χ1) is 13.8. The lowest BCUT2D eigenvalue weighted by Gasteiger charge is -2.30. The monoisotopic (exact) mass is 398 g/mol. The van der Waals surface area contributed by atoms with E-state index in [-0.39, 0.29) is 11.6 Å². The summed E-state index contributed by atoms with van der Waals surface area (Å²) in [5.74, 6) is 0.535. The van der Waals surface area contributed by atoms with Crippen molar-refractivity contribution in [3.63, 3.8) is 0 Å². The molecule has 0 saturated carbocycles. The van der Waals surface area contributed by atoms with Crippen LogP contribution in [-0.2, 0) is 4.74 Å². The fourth-order valence-electron chi connectivity index (χ4n) is 2.82. The van der Waals surface area contributed by atoms with E-state index < -0.39 is 23.8 Å². The molecule has 0 spiro atoms. The number of methoxy groups -OCH3 is 1. The number of ether oxygens (including phenoxy) is 1. The summed E-state index contributed by atoms with van der Waals surface area (Å²) in [4.78, 5) is 28.0. The van der Waals surface area contributed by atoms with Crippen molar-refractivity contribution in [2.24, 2.45) is 0 Å². The number of carbonyl (C=O) groups is 2. The van der Waals surface area contributed by atoms with Crippen molar-refractivity contribution >= 4 is 34.7 Å². The van der Waals surface area contributed by atoms with E-state index in [1.54, 1.807) is 19.9 Å². The molecule has 2 heterocycles. The number of rotatable bonds is 5. The third-order valence-electron chi connectivity index (χ3n) is 4.21. The first-order valence-corrected chi connectivity index (χ1v) is 8.82. The number of hydrogen-bond donors (Lipinski definition) is 5. The van der Waals surface area contributed by atoms with Crippen LogP contribution in [0.3, 0.4) is 0 Å². The molecule has 0 aliphatic carbocycles.